The lowest BCUT2D eigenvalue weighted by molar-refractivity contribution is -0.400. The van der Waals surface area contributed by atoms with E-state index in [0.717, 1.165) is 24.8 Å². The SMILES string of the molecule is C=CCCc1cc(C=C[N+](=O)[O-])co1. The fourth-order valence-electron chi connectivity index (χ4n) is 1.01. The molecular weight excluding hydrogens is 182 g/mol. The van der Waals surface area contributed by atoms with E-state index in [0.29, 0.717) is 5.56 Å². The summed E-state index contributed by atoms with van der Waals surface area (Å²) in [5.74, 6) is 0.813. The third kappa shape index (κ3) is 3.26. The van der Waals surface area contributed by atoms with E-state index in [1.807, 2.05) is 0 Å². The first-order valence-corrected chi connectivity index (χ1v) is 4.22. The van der Waals surface area contributed by atoms with Crippen molar-refractivity contribution in [2.45, 2.75) is 12.8 Å². The van der Waals surface area contributed by atoms with E-state index in [9.17, 15) is 10.1 Å². The largest absolute Gasteiger partial charge is 0.469 e. The van der Waals surface area contributed by atoms with Gasteiger partial charge in [0.1, 0.15) is 5.76 Å². The quantitative estimate of drug-likeness (QED) is 0.410. The second-order valence-corrected chi connectivity index (χ2v) is 2.77. The summed E-state index contributed by atoms with van der Waals surface area (Å²) in [5.41, 5.74) is 0.709. The van der Waals surface area contributed by atoms with E-state index in [2.05, 4.69) is 6.58 Å². The molecule has 1 aromatic rings. The number of hydrogen-bond acceptors (Lipinski definition) is 3. The maximum atomic E-state index is 10.0. The molecule has 0 aromatic carbocycles. The average Bonchev–Trinajstić information content (AvgIpc) is 2.59. The molecule has 74 valence electrons. The maximum absolute atomic E-state index is 10.0. The molecule has 0 aliphatic heterocycles. The Morgan fingerprint density at radius 3 is 3.07 bits per heavy atom. The van der Waals surface area contributed by atoms with Crippen LogP contribution in [0.1, 0.15) is 17.7 Å². The first kappa shape index (κ1) is 10.2. The topological polar surface area (TPSA) is 56.3 Å². The molecule has 1 rings (SSSR count). The minimum Gasteiger partial charge on any atom is -0.469 e. The summed E-state index contributed by atoms with van der Waals surface area (Å²) in [6.07, 6.45) is 7.21. The second kappa shape index (κ2) is 5.01. The van der Waals surface area contributed by atoms with Crippen LogP contribution in [0.2, 0.25) is 0 Å². The Hall–Kier alpha value is -1.84. The van der Waals surface area contributed by atoms with Crippen LogP contribution in [-0.2, 0) is 6.42 Å². The van der Waals surface area contributed by atoms with Crippen LogP contribution in [0.5, 0.6) is 0 Å². The molecule has 0 aliphatic rings. The molecular formula is C10H11NO3. The van der Waals surface area contributed by atoms with Crippen molar-refractivity contribution in [3.05, 3.63) is 52.6 Å². The number of furan rings is 1. The Balaban J connectivity index is 2.58. The molecule has 0 bridgehead atoms. The van der Waals surface area contributed by atoms with Crippen LogP contribution in [0.4, 0.5) is 0 Å². The number of rotatable bonds is 5. The summed E-state index contributed by atoms with van der Waals surface area (Å²) in [6.45, 7) is 3.60. The van der Waals surface area contributed by atoms with Crippen molar-refractivity contribution in [2.75, 3.05) is 0 Å². The van der Waals surface area contributed by atoms with Gasteiger partial charge in [0, 0.05) is 18.1 Å². The normalized spacial score (nSPS) is 10.6. The molecule has 14 heavy (non-hydrogen) atoms. The molecule has 0 fully saturated rings. The van der Waals surface area contributed by atoms with E-state index in [4.69, 9.17) is 4.42 Å². The van der Waals surface area contributed by atoms with E-state index in [-0.39, 0.29) is 0 Å². The van der Waals surface area contributed by atoms with Gasteiger partial charge in [0.25, 0.3) is 0 Å². The number of nitrogens with zero attached hydrogens (tertiary/aromatic N) is 1. The molecule has 0 saturated carbocycles. The highest BCUT2D eigenvalue weighted by Crippen LogP contribution is 2.11. The molecule has 1 aromatic heterocycles. The van der Waals surface area contributed by atoms with E-state index in [1.165, 1.54) is 12.3 Å². The average molecular weight is 193 g/mol. The van der Waals surface area contributed by atoms with Crippen LogP contribution in [0.25, 0.3) is 6.08 Å². The van der Waals surface area contributed by atoms with Gasteiger partial charge in [0.2, 0.25) is 6.20 Å². The zero-order chi connectivity index (χ0) is 10.4. The zero-order valence-corrected chi connectivity index (χ0v) is 7.68. The second-order valence-electron chi connectivity index (χ2n) is 2.77. The minimum atomic E-state index is -0.504. The molecule has 1 heterocycles. The molecule has 0 saturated heterocycles. The van der Waals surface area contributed by atoms with Crippen molar-refractivity contribution >= 4 is 6.08 Å². The molecule has 0 radical (unpaired) electrons. The smallest absolute Gasteiger partial charge is 0.235 e. The van der Waals surface area contributed by atoms with Gasteiger partial charge < -0.3 is 4.42 Å². The Morgan fingerprint density at radius 2 is 2.43 bits per heavy atom. The van der Waals surface area contributed by atoms with E-state index >= 15 is 0 Å². The standard InChI is InChI=1S/C10H11NO3/c1-2-3-4-10-7-9(8-14-10)5-6-11(12)13/h2,5-8H,1,3-4H2. The lowest BCUT2D eigenvalue weighted by Crippen LogP contribution is -1.81. The highest BCUT2D eigenvalue weighted by molar-refractivity contribution is 5.46. The van der Waals surface area contributed by atoms with Crippen LogP contribution >= 0.6 is 0 Å². The van der Waals surface area contributed by atoms with Gasteiger partial charge in [-0.2, -0.15) is 0 Å². The van der Waals surface area contributed by atoms with Crippen molar-refractivity contribution in [1.82, 2.24) is 0 Å². The monoisotopic (exact) mass is 193 g/mol. The van der Waals surface area contributed by atoms with Crippen LogP contribution in [0.3, 0.4) is 0 Å². The van der Waals surface area contributed by atoms with Crippen LogP contribution < -0.4 is 0 Å². The Labute approximate surface area is 81.7 Å². The molecule has 0 aliphatic carbocycles. The summed E-state index contributed by atoms with van der Waals surface area (Å²) < 4.78 is 5.18. The van der Waals surface area contributed by atoms with Gasteiger partial charge in [0.15, 0.2) is 0 Å². The van der Waals surface area contributed by atoms with Gasteiger partial charge in [-0.1, -0.05) is 6.08 Å². The van der Waals surface area contributed by atoms with E-state index in [1.54, 1.807) is 12.1 Å². The highest BCUT2D eigenvalue weighted by atomic mass is 16.6. The molecule has 0 unspecified atom stereocenters. The van der Waals surface area contributed by atoms with Gasteiger partial charge >= 0.3 is 0 Å². The summed E-state index contributed by atoms with van der Waals surface area (Å²) in [4.78, 5) is 9.52. The predicted molar refractivity (Wildman–Crippen MR) is 53.3 cm³/mol. The van der Waals surface area contributed by atoms with Gasteiger partial charge in [-0.25, -0.2) is 0 Å². The van der Waals surface area contributed by atoms with E-state index < -0.39 is 4.92 Å². The van der Waals surface area contributed by atoms with Crippen molar-refractivity contribution < 1.29 is 9.34 Å². The lowest BCUT2D eigenvalue weighted by atomic mass is 10.2. The molecule has 0 spiro atoms. The highest BCUT2D eigenvalue weighted by Gasteiger charge is 1.99. The summed E-state index contributed by atoms with van der Waals surface area (Å²) in [7, 11) is 0. The fourth-order valence-corrected chi connectivity index (χ4v) is 1.01. The van der Waals surface area contributed by atoms with Crippen molar-refractivity contribution in [2.24, 2.45) is 0 Å². The van der Waals surface area contributed by atoms with Crippen LogP contribution in [0.15, 0.2) is 35.6 Å². The van der Waals surface area contributed by atoms with Gasteiger partial charge in [0.05, 0.1) is 11.2 Å². The molecule has 0 N–H and O–H groups in total. The van der Waals surface area contributed by atoms with Gasteiger partial charge in [-0.3, -0.25) is 10.1 Å². The summed E-state index contributed by atoms with van der Waals surface area (Å²) >= 11 is 0. The Morgan fingerprint density at radius 1 is 1.64 bits per heavy atom. The van der Waals surface area contributed by atoms with Gasteiger partial charge in [-0.05, 0) is 12.5 Å². The molecule has 4 heteroatoms. The number of hydrogen-bond donors (Lipinski definition) is 0. The zero-order valence-electron chi connectivity index (χ0n) is 7.68. The fraction of sp³-hybridized carbons (Fsp3) is 0.200. The maximum Gasteiger partial charge on any atom is 0.235 e. The number of aryl methyl sites for hydroxylation is 1. The first-order chi connectivity index (χ1) is 6.72. The number of allylic oxidation sites excluding steroid dienone is 1. The molecule has 4 nitrogen and oxygen atoms in total. The van der Waals surface area contributed by atoms with Crippen LogP contribution in [0, 0.1) is 10.1 Å². The van der Waals surface area contributed by atoms with Crippen molar-refractivity contribution in [3.63, 3.8) is 0 Å². The molecule has 0 amide bonds. The number of nitro groups is 1. The van der Waals surface area contributed by atoms with Crippen LogP contribution in [-0.4, -0.2) is 4.92 Å². The summed E-state index contributed by atoms with van der Waals surface area (Å²) in [5, 5.41) is 10.0. The lowest BCUT2D eigenvalue weighted by Gasteiger charge is -1.87. The summed E-state index contributed by atoms with van der Waals surface area (Å²) in [6, 6.07) is 1.78. The third-order valence-corrected chi connectivity index (χ3v) is 1.66. The van der Waals surface area contributed by atoms with Crippen molar-refractivity contribution in [1.29, 1.82) is 0 Å². The van der Waals surface area contributed by atoms with Crippen molar-refractivity contribution in [3.8, 4) is 0 Å². The third-order valence-electron chi connectivity index (χ3n) is 1.66. The Kier molecular flexibility index (Phi) is 3.67. The Bertz CT molecular complexity index is 352. The molecule has 0 atom stereocenters. The minimum absolute atomic E-state index is 0.504. The van der Waals surface area contributed by atoms with Gasteiger partial charge in [-0.15, -0.1) is 6.58 Å². The first-order valence-electron chi connectivity index (χ1n) is 4.22. The predicted octanol–water partition coefficient (Wildman–Crippen LogP) is 2.65.